The Hall–Kier alpha value is -1.30. The van der Waals surface area contributed by atoms with Crippen LogP contribution in [-0.2, 0) is 0 Å². The highest BCUT2D eigenvalue weighted by molar-refractivity contribution is 5.55. The Labute approximate surface area is 93.3 Å². The molecule has 0 unspecified atom stereocenters. The average Bonchev–Trinajstić information content (AvgIpc) is 2.25. The Morgan fingerprint density at radius 3 is 2.67 bits per heavy atom. The maximum absolute atomic E-state index is 2.29. The minimum Gasteiger partial charge on any atom is -0.0816 e. The molecule has 0 fully saturated rings. The molecular formula is C15H20. The normalized spacial score (nSPS) is 12.3. The molecule has 0 heteroatoms. The molecule has 1 rings (SSSR count). The van der Waals surface area contributed by atoms with Crippen molar-refractivity contribution in [3.05, 3.63) is 53.1 Å². The number of aryl methyl sites for hydroxylation is 1. The molecule has 1 aromatic rings. The summed E-state index contributed by atoms with van der Waals surface area (Å²) in [6.07, 6.45) is 9.06. The summed E-state index contributed by atoms with van der Waals surface area (Å²) in [4.78, 5) is 0. The molecule has 0 atom stereocenters. The fourth-order valence-electron chi connectivity index (χ4n) is 1.44. The van der Waals surface area contributed by atoms with Crippen molar-refractivity contribution in [1.82, 2.24) is 0 Å². The third-order valence-electron chi connectivity index (χ3n) is 2.47. The van der Waals surface area contributed by atoms with Gasteiger partial charge >= 0.3 is 0 Å². The first kappa shape index (κ1) is 11.8. The van der Waals surface area contributed by atoms with Crippen LogP contribution in [0.15, 0.2) is 42.0 Å². The van der Waals surface area contributed by atoms with Crippen molar-refractivity contribution in [3.8, 4) is 0 Å². The smallest absolute Gasteiger partial charge is 0.0227 e. The predicted octanol–water partition coefficient (Wildman–Crippen LogP) is 4.75. The molecule has 0 amide bonds. The van der Waals surface area contributed by atoms with Crippen LogP contribution in [0.25, 0.3) is 6.08 Å². The Balaban J connectivity index is 2.69. The first-order chi connectivity index (χ1) is 7.24. The minimum atomic E-state index is 1.17. The van der Waals surface area contributed by atoms with Gasteiger partial charge in [0.25, 0.3) is 0 Å². The number of rotatable bonds is 4. The Morgan fingerprint density at radius 1 is 1.27 bits per heavy atom. The van der Waals surface area contributed by atoms with Crippen LogP contribution in [0.3, 0.4) is 0 Å². The Kier molecular flexibility index (Phi) is 4.89. The lowest BCUT2D eigenvalue weighted by atomic mass is 10.1. The van der Waals surface area contributed by atoms with Crippen molar-refractivity contribution >= 4 is 6.08 Å². The maximum atomic E-state index is 2.29. The van der Waals surface area contributed by atoms with Crippen LogP contribution in [-0.4, -0.2) is 0 Å². The molecule has 1 aromatic carbocycles. The van der Waals surface area contributed by atoms with Gasteiger partial charge in [0, 0.05) is 0 Å². The zero-order chi connectivity index (χ0) is 11.1. The van der Waals surface area contributed by atoms with Crippen LogP contribution in [0.4, 0.5) is 0 Å². The maximum Gasteiger partial charge on any atom is -0.0227 e. The van der Waals surface area contributed by atoms with Crippen LogP contribution >= 0.6 is 0 Å². The molecule has 0 aliphatic heterocycles. The molecular weight excluding hydrogens is 180 g/mol. The highest BCUT2D eigenvalue weighted by Gasteiger charge is 1.90. The first-order valence-electron chi connectivity index (χ1n) is 5.64. The van der Waals surface area contributed by atoms with Crippen molar-refractivity contribution in [2.24, 2.45) is 0 Å². The van der Waals surface area contributed by atoms with Crippen LogP contribution in [0.1, 0.15) is 37.8 Å². The van der Waals surface area contributed by atoms with Gasteiger partial charge in [0.15, 0.2) is 0 Å². The van der Waals surface area contributed by atoms with E-state index in [4.69, 9.17) is 0 Å². The second-order valence-corrected chi connectivity index (χ2v) is 3.93. The van der Waals surface area contributed by atoms with Crippen molar-refractivity contribution in [1.29, 1.82) is 0 Å². The van der Waals surface area contributed by atoms with E-state index in [1.807, 2.05) is 0 Å². The Bertz CT molecular complexity index is 356. The van der Waals surface area contributed by atoms with E-state index in [0.717, 1.165) is 0 Å². The van der Waals surface area contributed by atoms with Crippen LogP contribution in [0.2, 0.25) is 0 Å². The van der Waals surface area contributed by atoms with Gasteiger partial charge in [0.2, 0.25) is 0 Å². The number of unbranched alkanes of at least 4 members (excludes halogenated alkanes) is 1. The summed E-state index contributed by atoms with van der Waals surface area (Å²) >= 11 is 0. The summed E-state index contributed by atoms with van der Waals surface area (Å²) in [5, 5.41) is 0. The summed E-state index contributed by atoms with van der Waals surface area (Å²) < 4.78 is 0. The number of benzene rings is 1. The van der Waals surface area contributed by atoms with E-state index in [1.54, 1.807) is 0 Å². The molecule has 15 heavy (non-hydrogen) atoms. The van der Waals surface area contributed by atoms with E-state index in [9.17, 15) is 0 Å². The summed E-state index contributed by atoms with van der Waals surface area (Å²) in [6, 6.07) is 8.45. The third kappa shape index (κ3) is 4.16. The first-order valence-corrected chi connectivity index (χ1v) is 5.64. The van der Waals surface area contributed by atoms with Gasteiger partial charge in [0.1, 0.15) is 0 Å². The lowest BCUT2D eigenvalue weighted by molar-refractivity contribution is 0.952. The van der Waals surface area contributed by atoms with Gasteiger partial charge in [-0.1, -0.05) is 61.4 Å². The van der Waals surface area contributed by atoms with E-state index < -0.39 is 0 Å². The molecule has 0 aliphatic rings. The van der Waals surface area contributed by atoms with Gasteiger partial charge in [-0.05, 0) is 31.4 Å². The topological polar surface area (TPSA) is 0 Å². The molecule has 0 aliphatic carbocycles. The van der Waals surface area contributed by atoms with Crippen molar-refractivity contribution in [3.63, 3.8) is 0 Å². The third-order valence-corrected chi connectivity index (χ3v) is 2.47. The lowest BCUT2D eigenvalue weighted by Crippen LogP contribution is -1.78. The van der Waals surface area contributed by atoms with Gasteiger partial charge in [0.05, 0.1) is 0 Å². The van der Waals surface area contributed by atoms with Crippen molar-refractivity contribution in [2.45, 2.75) is 33.6 Å². The van der Waals surface area contributed by atoms with Gasteiger partial charge < -0.3 is 0 Å². The fraction of sp³-hybridized carbons (Fsp3) is 0.333. The van der Waals surface area contributed by atoms with Crippen LogP contribution in [0.5, 0.6) is 0 Å². The molecule has 0 saturated carbocycles. The molecule has 0 spiro atoms. The summed E-state index contributed by atoms with van der Waals surface area (Å²) in [5.74, 6) is 0. The molecule has 0 nitrogen and oxygen atoms in total. The van der Waals surface area contributed by atoms with E-state index >= 15 is 0 Å². The van der Waals surface area contributed by atoms with Gasteiger partial charge in [-0.15, -0.1) is 0 Å². The second kappa shape index (κ2) is 6.23. The van der Waals surface area contributed by atoms with E-state index in [1.165, 1.54) is 29.5 Å². The highest BCUT2D eigenvalue weighted by atomic mass is 14.0. The molecule has 0 saturated heterocycles. The van der Waals surface area contributed by atoms with E-state index in [0.29, 0.717) is 0 Å². The molecule has 80 valence electrons. The fourth-order valence-corrected chi connectivity index (χ4v) is 1.44. The second-order valence-electron chi connectivity index (χ2n) is 3.93. The standard InChI is InChI=1S/C15H20/c1-4-5-8-13(2)11-12-15-10-7-6-9-14(15)3/h6-12H,4-5H2,1-3H3/b12-11-,13-8+. The SMILES string of the molecule is CCC/C=C(C)/C=C\c1ccccc1C. The largest absolute Gasteiger partial charge is 0.0816 e. The van der Waals surface area contributed by atoms with E-state index in [-0.39, 0.29) is 0 Å². The van der Waals surface area contributed by atoms with Gasteiger partial charge in [-0.3, -0.25) is 0 Å². The molecule has 0 radical (unpaired) electrons. The number of hydrogen-bond acceptors (Lipinski definition) is 0. The van der Waals surface area contributed by atoms with Crippen LogP contribution in [0, 0.1) is 6.92 Å². The minimum absolute atomic E-state index is 1.17. The van der Waals surface area contributed by atoms with Gasteiger partial charge in [-0.2, -0.15) is 0 Å². The summed E-state index contributed by atoms with van der Waals surface area (Å²) in [7, 11) is 0. The monoisotopic (exact) mass is 200 g/mol. The highest BCUT2D eigenvalue weighted by Crippen LogP contribution is 2.10. The molecule has 0 aromatic heterocycles. The zero-order valence-electron chi connectivity index (χ0n) is 9.96. The zero-order valence-corrected chi connectivity index (χ0v) is 9.96. The van der Waals surface area contributed by atoms with Crippen LogP contribution < -0.4 is 0 Å². The molecule has 0 N–H and O–H groups in total. The van der Waals surface area contributed by atoms with Gasteiger partial charge in [-0.25, -0.2) is 0 Å². The quantitative estimate of drug-likeness (QED) is 0.615. The average molecular weight is 200 g/mol. The lowest BCUT2D eigenvalue weighted by Gasteiger charge is -1.98. The summed E-state index contributed by atoms with van der Waals surface area (Å²) in [6.45, 7) is 6.50. The van der Waals surface area contributed by atoms with Crippen molar-refractivity contribution < 1.29 is 0 Å². The molecule has 0 heterocycles. The predicted molar refractivity (Wildman–Crippen MR) is 68.9 cm³/mol. The number of allylic oxidation sites excluding steroid dienone is 3. The van der Waals surface area contributed by atoms with E-state index in [2.05, 4.69) is 63.3 Å². The Morgan fingerprint density at radius 2 is 2.00 bits per heavy atom. The molecule has 0 bridgehead atoms. The summed E-state index contributed by atoms with van der Waals surface area (Å²) in [5.41, 5.74) is 3.99. The van der Waals surface area contributed by atoms with Crippen molar-refractivity contribution in [2.75, 3.05) is 0 Å². The number of hydrogen-bond donors (Lipinski definition) is 0.